The van der Waals surface area contributed by atoms with Crippen molar-refractivity contribution in [1.82, 2.24) is 10.2 Å². The lowest BCUT2D eigenvalue weighted by Gasteiger charge is -2.43. The zero-order chi connectivity index (χ0) is 17.5. The topological polar surface area (TPSA) is 58.6 Å². The second-order valence-corrected chi connectivity index (χ2v) is 8.11. The van der Waals surface area contributed by atoms with Crippen LogP contribution in [0.1, 0.15) is 45.6 Å². The van der Waals surface area contributed by atoms with Gasteiger partial charge in [0.25, 0.3) is 5.91 Å². The van der Waals surface area contributed by atoms with Crippen LogP contribution in [0.3, 0.4) is 0 Å². The molecule has 1 aromatic rings. The van der Waals surface area contributed by atoms with Crippen LogP contribution < -0.4 is 10.1 Å². The number of methoxy groups -OCH3 is 1. The van der Waals surface area contributed by atoms with Crippen molar-refractivity contribution in [2.75, 3.05) is 7.11 Å². The first-order valence-electron chi connectivity index (χ1n) is 8.52. The molecule has 5 heteroatoms. The van der Waals surface area contributed by atoms with Gasteiger partial charge in [0.05, 0.1) is 13.7 Å². The lowest BCUT2D eigenvalue weighted by molar-refractivity contribution is -0.135. The molecule has 1 heterocycles. The highest BCUT2D eigenvalue weighted by Gasteiger charge is 2.55. The van der Waals surface area contributed by atoms with Crippen molar-refractivity contribution in [1.29, 1.82) is 0 Å². The van der Waals surface area contributed by atoms with Gasteiger partial charge in [-0.25, -0.2) is 4.79 Å². The maximum atomic E-state index is 13.1. The highest BCUT2D eigenvalue weighted by molar-refractivity contribution is 6.07. The molecule has 1 saturated carbocycles. The summed E-state index contributed by atoms with van der Waals surface area (Å²) in [5.41, 5.74) is 0.196. The molecular formula is C19H26N2O3. The molecule has 1 saturated heterocycles. The molecule has 1 aliphatic carbocycles. The summed E-state index contributed by atoms with van der Waals surface area (Å²) < 4.78 is 5.22. The van der Waals surface area contributed by atoms with E-state index >= 15 is 0 Å². The number of carbonyl (C=O) groups excluding carboxylic acids is 2. The van der Waals surface area contributed by atoms with Crippen LogP contribution in [0.2, 0.25) is 0 Å². The molecule has 1 N–H and O–H groups in total. The smallest absolute Gasteiger partial charge is 0.325 e. The molecule has 2 aliphatic rings. The number of hydrogen-bond acceptors (Lipinski definition) is 3. The van der Waals surface area contributed by atoms with Crippen LogP contribution in [-0.4, -0.2) is 29.5 Å². The summed E-state index contributed by atoms with van der Waals surface area (Å²) >= 11 is 0. The van der Waals surface area contributed by atoms with Gasteiger partial charge in [-0.15, -0.1) is 0 Å². The van der Waals surface area contributed by atoms with E-state index in [-0.39, 0.29) is 23.9 Å². The standard InChI is InChI=1S/C19H26N2O3/c1-13-9-18(2,3)12-19(10-13)16(22)21(17(23)20-19)11-14-6-5-7-15(8-14)24-4/h5-8,13H,9-12H2,1-4H3,(H,20,23)/t13-,19+/m0/s1. The van der Waals surface area contributed by atoms with E-state index in [4.69, 9.17) is 4.74 Å². The van der Waals surface area contributed by atoms with Crippen molar-refractivity contribution in [3.05, 3.63) is 29.8 Å². The molecular weight excluding hydrogens is 304 g/mol. The molecule has 130 valence electrons. The van der Waals surface area contributed by atoms with Gasteiger partial charge in [-0.3, -0.25) is 9.69 Å². The first-order valence-corrected chi connectivity index (χ1v) is 8.52. The van der Waals surface area contributed by atoms with Crippen molar-refractivity contribution in [3.63, 3.8) is 0 Å². The maximum Gasteiger partial charge on any atom is 0.325 e. The van der Waals surface area contributed by atoms with E-state index in [0.29, 0.717) is 12.3 Å². The van der Waals surface area contributed by atoms with Gasteiger partial charge in [-0.1, -0.05) is 32.9 Å². The molecule has 1 aromatic carbocycles. The minimum Gasteiger partial charge on any atom is -0.497 e. The lowest BCUT2D eigenvalue weighted by atomic mass is 9.64. The first kappa shape index (κ1) is 16.8. The Hall–Kier alpha value is -2.04. The van der Waals surface area contributed by atoms with Crippen molar-refractivity contribution < 1.29 is 14.3 Å². The summed E-state index contributed by atoms with van der Waals surface area (Å²) in [5, 5.41) is 3.01. The fraction of sp³-hybridized carbons (Fsp3) is 0.579. The number of nitrogens with one attached hydrogen (secondary N) is 1. The lowest BCUT2D eigenvalue weighted by Crippen LogP contribution is -2.54. The van der Waals surface area contributed by atoms with Gasteiger partial charge in [0.15, 0.2) is 0 Å². The SMILES string of the molecule is COc1cccc(CN2C(=O)N[C@@]3(C[C@@H](C)CC(C)(C)C3)C2=O)c1. The normalized spacial score (nSPS) is 29.0. The van der Waals surface area contributed by atoms with Crippen molar-refractivity contribution in [2.45, 2.75) is 52.1 Å². The first-order chi connectivity index (χ1) is 11.2. The Bertz CT molecular complexity index is 670. The molecule has 0 radical (unpaired) electrons. The minimum absolute atomic E-state index is 0.0482. The number of hydrogen-bond donors (Lipinski definition) is 1. The summed E-state index contributed by atoms with van der Waals surface area (Å²) in [6.45, 7) is 6.79. The average Bonchev–Trinajstić information content (AvgIpc) is 2.69. The van der Waals surface area contributed by atoms with Crippen molar-refractivity contribution >= 4 is 11.9 Å². The predicted octanol–water partition coefficient (Wildman–Crippen LogP) is 3.33. The molecule has 0 unspecified atom stereocenters. The monoisotopic (exact) mass is 330 g/mol. The number of benzene rings is 1. The minimum atomic E-state index is -0.739. The molecule has 2 atom stereocenters. The van der Waals surface area contributed by atoms with E-state index in [1.807, 2.05) is 24.3 Å². The maximum absolute atomic E-state index is 13.1. The van der Waals surface area contributed by atoms with Gasteiger partial charge in [0.1, 0.15) is 11.3 Å². The fourth-order valence-corrected chi connectivity index (χ4v) is 4.60. The van der Waals surface area contributed by atoms with E-state index in [1.54, 1.807) is 7.11 Å². The van der Waals surface area contributed by atoms with E-state index in [0.717, 1.165) is 24.2 Å². The summed E-state index contributed by atoms with van der Waals surface area (Å²) in [7, 11) is 1.60. The third-order valence-corrected chi connectivity index (χ3v) is 5.10. The van der Waals surface area contributed by atoms with Gasteiger partial charge in [0.2, 0.25) is 0 Å². The van der Waals surface area contributed by atoms with Gasteiger partial charge in [-0.05, 0) is 48.3 Å². The van der Waals surface area contributed by atoms with Crippen LogP contribution >= 0.6 is 0 Å². The largest absolute Gasteiger partial charge is 0.497 e. The molecule has 3 amide bonds. The highest BCUT2D eigenvalue weighted by Crippen LogP contribution is 2.46. The van der Waals surface area contributed by atoms with E-state index < -0.39 is 5.54 Å². The number of rotatable bonds is 3. The molecule has 24 heavy (non-hydrogen) atoms. The molecule has 5 nitrogen and oxygen atoms in total. The number of nitrogens with zero attached hydrogens (tertiary/aromatic N) is 1. The number of amides is 3. The Morgan fingerprint density at radius 1 is 1.29 bits per heavy atom. The number of imide groups is 1. The van der Waals surface area contributed by atoms with Crippen LogP contribution in [0.15, 0.2) is 24.3 Å². The molecule has 0 aromatic heterocycles. The predicted molar refractivity (Wildman–Crippen MR) is 91.6 cm³/mol. The Balaban J connectivity index is 1.84. The zero-order valence-corrected chi connectivity index (χ0v) is 14.9. The van der Waals surface area contributed by atoms with Gasteiger partial charge < -0.3 is 10.1 Å². The van der Waals surface area contributed by atoms with E-state index in [2.05, 4.69) is 26.1 Å². The zero-order valence-electron chi connectivity index (χ0n) is 14.9. The van der Waals surface area contributed by atoms with Gasteiger partial charge in [0, 0.05) is 0 Å². The third-order valence-electron chi connectivity index (χ3n) is 5.10. The van der Waals surface area contributed by atoms with E-state index in [1.165, 1.54) is 4.90 Å². The summed E-state index contributed by atoms with van der Waals surface area (Å²) in [6, 6.07) is 7.20. The van der Waals surface area contributed by atoms with Gasteiger partial charge >= 0.3 is 6.03 Å². The van der Waals surface area contributed by atoms with Crippen molar-refractivity contribution in [3.8, 4) is 5.75 Å². The Morgan fingerprint density at radius 3 is 2.71 bits per heavy atom. The molecule has 0 bridgehead atoms. The van der Waals surface area contributed by atoms with Crippen LogP contribution in [0, 0.1) is 11.3 Å². The summed E-state index contributed by atoms with van der Waals surface area (Å²) in [4.78, 5) is 26.9. The summed E-state index contributed by atoms with van der Waals surface area (Å²) in [6.07, 6.45) is 2.49. The van der Waals surface area contributed by atoms with Crippen molar-refractivity contribution in [2.24, 2.45) is 11.3 Å². The molecule has 3 rings (SSSR count). The molecule has 1 spiro atoms. The second kappa shape index (κ2) is 5.80. The molecule has 2 fully saturated rings. The number of ether oxygens (including phenoxy) is 1. The van der Waals surface area contributed by atoms with Crippen LogP contribution in [0.4, 0.5) is 4.79 Å². The second-order valence-electron chi connectivity index (χ2n) is 8.11. The Kier molecular flexibility index (Phi) is 4.06. The Labute approximate surface area is 143 Å². The number of carbonyl (C=O) groups is 2. The van der Waals surface area contributed by atoms with Crippen LogP contribution in [0.5, 0.6) is 5.75 Å². The van der Waals surface area contributed by atoms with Crippen LogP contribution in [0.25, 0.3) is 0 Å². The Morgan fingerprint density at radius 2 is 2.04 bits per heavy atom. The fourth-order valence-electron chi connectivity index (χ4n) is 4.60. The number of urea groups is 1. The quantitative estimate of drug-likeness (QED) is 0.865. The highest BCUT2D eigenvalue weighted by atomic mass is 16.5. The van der Waals surface area contributed by atoms with E-state index in [9.17, 15) is 9.59 Å². The average molecular weight is 330 g/mol. The molecule has 1 aliphatic heterocycles. The third kappa shape index (κ3) is 2.99. The van der Waals surface area contributed by atoms with Gasteiger partial charge in [-0.2, -0.15) is 0 Å². The van der Waals surface area contributed by atoms with Crippen LogP contribution in [-0.2, 0) is 11.3 Å². The summed E-state index contributed by atoms with van der Waals surface area (Å²) in [5.74, 6) is 1.05.